The Hall–Kier alpha value is -1.70. The summed E-state index contributed by atoms with van der Waals surface area (Å²) in [7, 11) is 0. The maximum Gasteiger partial charge on any atom is 0.184 e. The maximum atomic E-state index is 12.4. The van der Waals surface area contributed by atoms with Crippen LogP contribution in [0.1, 0.15) is 42.6 Å². The highest BCUT2D eigenvalue weighted by atomic mass is 16.1. The van der Waals surface area contributed by atoms with Gasteiger partial charge in [-0.2, -0.15) is 0 Å². The van der Waals surface area contributed by atoms with Crippen molar-refractivity contribution in [2.45, 2.75) is 32.1 Å². The van der Waals surface area contributed by atoms with E-state index in [0.717, 1.165) is 23.7 Å². The molecule has 1 aliphatic rings. The lowest BCUT2D eigenvalue weighted by atomic mass is 9.85. The largest absolute Gasteiger partial charge is 0.292 e. The van der Waals surface area contributed by atoms with Crippen molar-refractivity contribution >= 4 is 16.7 Å². The lowest BCUT2D eigenvalue weighted by Gasteiger charge is -2.19. The van der Waals surface area contributed by atoms with E-state index in [2.05, 4.69) is 4.98 Å². The SMILES string of the molecule is O=C(c1ccc2ccccc2n1)C1CCCCC1. The first-order valence-corrected chi connectivity index (χ1v) is 6.74. The molecule has 1 saturated carbocycles. The first kappa shape index (κ1) is 11.4. The Morgan fingerprint density at radius 3 is 2.61 bits per heavy atom. The minimum atomic E-state index is 0.201. The summed E-state index contributed by atoms with van der Waals surface area (Å²) in [5.74, 6) is 0.438. The number of para-hydroxylation sites is 1. The Balaban J connectivity index is 1.91. The second-order valence-electron chi connectivity index (χ2n) is 5.09. The fraction of sp³-hybridized carbons (Fsp3) is 0.375. The fourth-order valence-electron chi connectivity index (χ4n) is 2.78. The van der Waals surface area contributed by atoms with Crippen LogP contribution < -0.4 is 0 Å². The van der Waals surface area contributed by atoms with Crippen LogP contribution in [0.4, 0.5) is 0 Å². The van der Waals surface area contributed by atoms with Crippen LogP contribution in [0.3, 0.4) is 0 Å². The van der Waals surface area contributed by atoms with Gasteiger partial charge in [0.2, 0.25) is 0 Å². The van der Waals surface area contributed by atoms with Crippen molar-refractivity contribution in [2.24, 2.45) is 5.92 Å². The normalized spacial score (nSPS) is 16.9. The van der Waals surface area contributed by atoms with Gasteiger partial charge in [-0.25, -0.2) is 4.98 Å². The fourth-order valence-corrected chi connectivity index (χ4v) is 2.78. The molecule has 2 nitrogen and oxygen atoms in total. The smallest absolute Gasteiger partial charge is 0.184 e. The summed E-state index contributed by atoms with van der Waals surface area (Å²) in [6.45, 7) is 0. The van der Waals surface area contributed by atoms with Gasteiger partial charge in [-0.05, 0) is 25.0 Å². The molecule has 1 aromatic carbocycles. The molecule has 0 spiro atoms. The van der Waals surface area contributed by atoms with Crippen molar-refractivity contribution in [1.29, 1.82) is 0 Å². The van der Waals surface area contributed by atoms with Crippen molar-refractivity contribution < 1.29 is 4.79 Å². The van der Waals surface area contributed by atoms with Gasteiger partial charge in [0.25, 0.3) is 0 Å². The van der Waals surface area contributed by atoms with Crippen LogP contribution in [0.2, 0.25) is 0 Å². The van der Waals surface area contributed by atoms with Crippen LogP contribution in [-0.4, -0.2) is 10.8 Å². The summed E-state index contributed by atoms with van der Waals surface area (Å²) in [5.41, 5.74) is 1.56. The first-order valence-electron chi connectivity index (χ1n) is 6.74. The van der Waals surface area contributed by atoms with Crippen molar-refractivity contribution in [3.05, 3.63) is 42.1 Å². The molecule has 1 fully saturated rings. The zero-order valence-electron chi connectivity index (χ0n) is 10.4. The van der Waals surface area contributed by atoms with E-state index in [9.17, 15) is 4.79 Å². The highest BCUT2D eigenvalue weighted by Crippen LogP contribution is 2.26. The molecule has 0 amide bonds. The molecule has 1 aromatic heterocycles. The summed E-state index contributed by atoms with van der Waals surface area (Å²) < 4.78 is 0. The monoisotopic (exact) mass is 239 g/mol. The second kappa shape index (κ2) is 4.89. The molecule has 0 bridgehead atoms. The molecule has 1 heterocycles. The number of aromatic nitrogens is 1. The molecule has 2 aromatic rings. The second-order valence-corrected chi connectivity index (χ2v) is 5.09. The first-order chi connectivity index (χ1) is 8.84. The van der Waals surface area contributed by atoms with Crippen LogP contribution in [0.5, 0.6) is 0 Å². The zero-order chi connectivity index (χ0) is 12.4. The number of Topliss-reactive ketones (excluding diaryl/α,β-unsaturated/α-hetero) is 1. The molecular weight excluding hydrogens is 222 g/mol. The molecule has 92 valence electrons. The molecule has 18 heavy (non-hydrogen) atoms. The van der Waals surface area contributed by atoms with E-state index in [0.29, 0.717) is 5.69 Å². The quantitative estimate of drug-likeness (QED) is 0.741. The molecule has 0 aliphatic heterocycles. The number of hydrogen-bond donors (Lipinski definition) is 0. The highest BCUT2D eigenvalue weighted by molar-refractivity contribution is 5.98. The minimum absolute atomic E-state index is 0.201. The van der Waals surface area contributed by atoms with Crippen LogP contribution in [0.15, 0.2) is 36.4 Å². The van der Waals surface area contributed by atoms with E-state index >= 15 is 0 Å². The average Bonchev–Trinajstić information content (AvgIpc) is 2.47. The summed E-state index contributed by atoms with van der Waals surface area (Å²) in [6.07, 6.45) is 5.71. The van der Waals surface area contributed by atoms with Gasteiger partial charge in [0.05, 0.1) is 5.52 Å². The minimum Gasteiger partial charge on any atom is -0.292 e. The van der Waals surface area contributed by atoms with Crippen LogP contribution in [-0.2, 0) is 0 Å². The predicted molar refractivity (Wildman–Crippen MR) is 72.6 cm³/mol. The van der Waals surface area contributed by atoms with Gasteiger partial charge in [0, 0.05) is 11.3 Å². The molecule has 2 heteroatoms. The van der Waals surface area contributed by atoms with Crippen molar-refractivity contribution in [2.75, 3.05) is 0 Å². The number of fused-ring (bicyclic) bond motifs is 1. The zero-order valence-corrected chi connectivity index (χ0v) is 10.4. The molecule has 0 N–H and O–H groups in total. The lowest BCUT2D eigenvalue weighted by molar-refractivity contribution is 0.0884. The number of nitrogens with zero attached hydrogens (tertiary/aromatic N) is 1. The Morgan fingerprint density at radius 1 is 1.00 bits per heavy atom. The van der Waals surface area contributed by atoms with E-state index in [4.69, 9.17) is 0 Å². The predicted octanol–water partition coefficient (Wildman–Crippen LogP) is 4.00. The van der Waals surface area contributed by atoms with E-state index in [1.807, 2.05) is 36.4 Å². The Bertz CT molecular complexity index is 570. The number of carbonyl (C=O) groups is 1. The molecular formula is C16H17NO. The molecule has 1 aliphatic carbocycles. The molecule has 3 rings (SSSR count). The number of hydrogen-bond acceptors (Lipinski definition) is 2. The lowest BCUT2D eigenvalue weighted by Crippen LogP contribution is -2.18. The Labute approximate surface area is 107 Å². The van der Waals surface area contributed by atoms with Crippen molar-refractivity contribution in [3.8, 4) is 0 Å². The average molecular weight is 239 g/mol. The molecule has 0 atom stereocenters. The maximum absolute atomic E-state index is 12.4. The van der Waals surface area contributed by atoms with E-state index in [1.165, 1.54) is 19.3 Å². The Morgan fingerprint density at radius 2 is 1.78 bits per heavy atom. The third-order valence-corrected chi connectivity index (χ3v) is 3.83. The highest BCUT2D eigenvalue weighted by Gasteiger charge is 2.23. The number of rotatable bonds is 2. The molecule has 0 radical (unpaired) electrons. The topological polar surface area (TPSA) is 30.0 Å². The summed E-state index contributed by atoms with van der Waals surface area (Å²) >= 11 is 0. The van der Waals surface area contributed by atoms with Gasteiger partial charge in [-0.1, -0.05) is 43.5 Å². The van der Waals surface area contributed by atoms with Gasteiger partial charge < -0.3 is 0 Å². The standard InChI is InChI=1S/C16H17NO/c18-16(13-7-2-1-3-8-13)15-11-10-12-6-4-5-9-14(12)17-15/h4-6,9-11,13H,1-3,7-8H2. The van der Waals surface area contributed by atoms with Gasteiger partial charge in [-0.3, -0.25) is 4.79 Å². The van der Waals surface area contributed by atoms with E-state index < -0.39 is 0 Å². The third kappa shape index (κ3) is 2.15. The van der Waals surface area contributed by atoms with Gasteiger partial charge in [-0.15, -0.1) is 0 Å². The summed E-state index contributed by atoms with van der Waals surface area (Å²) in [4.78, 5) is 16.9. The Kier molecular flexibility index (Phi) is 3.09. The van der Waals surface area contributed by atoms with Gasteiger partial charge in [0.15, 0.2) is 5.78 Å². The van der Waals surface area contributed by atoms with E-state index in [-0.39, 0.29) is 11.7 Å². The van der Waals surface area contributed by atoms with Crippen LogP contribution in [0.25, 0.3) is 10.9 Å². The number of ketones is 1. The summed E-state index contributed by atoms with van der Waals surface area (Å²) in [5, 5.41) is 1.10. The number of carbonyl (C=O) groups excluding carboxylic acids is 1. The van der Waals surface area contributed by atoms with Crippen molar-refractivity contribution in [3.63, 3.8) is 0 Å². The van der Waals surface area contributed by atoms with E-state index in [1.54, 1.807) is 0 Å². The number of benzene rings is 1. The van der Waals surface area contributed by atoms with Crippen molar-refractivity contribution in [1.82, 2.24) is 4.98 Å². The molecule has 0 unspecified atom stereocenters. The summed E-state index contributed by atoms with van der Waals surface area (Å²) in [6, 6.07) is 11.8. The van der Waals surface area contributed by atoms with Crippen LogP contribution in [0, 0.1) is 5.92 Å². The third-order valence-electron chi connectivity index (χ3n) is 3.83. The number of pyridine rings is 1. The van der Waals surface area contributed by atoms with Gasteiger partial charge >= 0.3 is 0 Å². The molecule has 0 saturated heterocycles. The van der Waals surface area contributed by atoms with Crippen LogP contribution >= 0.6 is 0 Å². The van der Waals surface area contributed by atoms with Gasteiger partial charge in [0.1, 0.15) is 5.69 Å².